The summed E-state index contributed by atoms with van der Waals surface area (Å²) >= 11 is 0. The van der Waals surface area contributed by atoms with Gasteiger partial charge >= 0.3 is 0 Å². The van der Waals surface area contributed by atoms with E-state index >= 15 is 0 Å². The summed E-state index contributed by atoms with van der Waals surface area (Å²) in [6, 6.07) is 0. The molecule has 1 nitrogen and oxygen atoms in total. The largest absolute Gasteiger partial charge is 0.378 e. The molecule has 2 bridgehead atoms. The predicted molar refractivity (Wildman–Crippen MR) is 61.7 cm³/mol. The van der Waals surface area contributed by atoms with Gasteiger partial charge in [-0.15, -0.1) is 0 Å². The molecule has 0 aromatic heterocycles. The Kier molecular flexibility index (Phi) is 2.83. The summed E-state index contributed by atoms with van der Waals surface area (Å²) in [4.78, 5) is 0. The first-order valence-electron chi connectivity index (χ1n) is 6.72. The average Bonchev–Trinajstić information content (AvgIpc) is 2.89. The summed E-state index contributed by atoms with van der Waals surface area (Å²) in [5, 5.41) is 0. The minimum atomic E-state index is 0.599. The fourth-order valence-corrected chi connectivity index (χ4v) is 3.58. The quantitative estimate of drug-likeness (QED) is 0.642. The van der Waals surface area contributed by atoms with Gasteiger partial charge in [-0.25, -0.2) is 0 Å². The minimum Gasteiger partial charge on any atom is -0.378 e. The van der Waals surface area contributed by atoms with Crippen LogP contribution < -0.4 is 0 Å². The standard InChI is InChI=1S/C14H22O/c1-2-4-14(5-3-1)15-10-13-9-11-6-7-12(13)8-11/h6-7,11-14H,1-5,8-10H2. The lowest BCUT2D eigenvalue weighted by Gasteiger charge is -2.25. The van der Waals surface area contributed by atoms with E-state index in [1.165, 1.54) is 44.9 Å². The van der Waals surface area contributed by atoms with Crippen LogP contribution in [0.1, 0.15) is 44.9 Å². The Morgan fingerprint density at radius 3 is 2.53 bits per heavy atom. The van der Waals surface area contributed by atoms with Gasteiger partial charge in [0.15, 0.2) is 0 Å². The van der Waals surface area contributed by atoms with Crippen molar-refractivity contribution in [2.75, 3.05) is 6.61 Å². The van der Waals surface area contributed by atoms with Crippen LogP contribution in [-0.4, -0.2) is 12.7 Å². The molecule has 0 aromatic carbocycles. The van der Waals surface area contributed by atoms with Crippen LogP contribution in [0.5, 0.6) is 0 Å². The second-order valence-corrected chi connectivity index (χ2v) is 5.63. The molecule has 0 radical (unpaired) electrons. The molecule has 0 aromatic rings. The zero-order valence-corrected chi connectivity index (χ0v) is 9.53. The highest BCUT2D eigenvalue weighted by Gasteiger charge is 2.35. The first-order valence-corrected chi connectivity index (χ1v) is 6.72. The van der Waals surface area contributed by atoms with Crippen LogP contribution in [0.15, 0.2) is 12.2 Å². The van der Waals surface area contributed by atoms with Crippen LogP contribution in [0, 0.1) is 17.8 Å². The lowest BCUT2D eigenvalue weighted by molar-refractivity contribution is 0.00331. The molecule has 2 fully saturated rings. The van der Waals surface area contributed by atoms with Crippen LogP contribution in [-0.2, 0) is 4.74 Å². The molecule has 0 spiro atoms. The van der Waals surface area contributed by atoms with Crippen LogP contribution in [0.25, 0.3) is 0 Å². The van der Waals surface area contributed by atoms with Crippen molar-refractivity contribution in [2.24, 2.45) is 17.8 Å². The Balaban J connectivity index is 1.44. The summed E-state index contributed by atoms with van der Waals surface area (Å²) in [7, 11) is 0. The van der Waals surface area contributed by atoms with Gasteiger partial charge in [-0.2, -0.15) is 0 Å². The second kappa shape index (κ2) is 4.29. The monoisotopic (exact) mass is 206 g/mol. The lowest BCUT2D eigenvalue weighted by Crippen LogP contribution is -2.22. The number of fused-ring (bicyclic) bond motifs is 2. The Morgan fingerprint density at radius 2 is 1.87 bits per heavy atom. The molecule has 0 heterocycles. The molecular formula is C14H22O. The summed E-state index contributed by atoms with van der Waals surface area (Å²) < 4.78 is 6.09. The molecule has 0 saturated heterocycles. The summed E-state index contributed by atoms with van der Waals surface area (Å²) in [5.74, 6) is 2.61. The van der Waals surface area contributed by atoms with Gasteiger partial charge in [-0.05, 0) is 43.4 Å². The van der Waals surface area contributed by atoms with E-state index in [9.17, 15) is 0 Å². The Bertz CT molecular complexity index is 240. The maximum atomic E-state index is 6.09. The third-order valence-corrected chi connectivity index (χ3v) is 4.51. The first kappa shape index (κ1) is 9.89. The van der Waals surface area contributed by atoms with Crippen molar-refractivity contribution in [3.05, 3.63) is 12.2 Å². The van der Waals surface area contributed by atoms with Crippen LogP contribution in [0.4, 0.5) is 0 Å². The number of rotatable bonds is 3. The Morgan fingerprint density at radius 1 is 1.00 bits per heavy atom. The molecule has 84 valence electrons. The van der Waals surface area contributed by atoms with Gasteiger partial charge in [0.25, 0.3) is 0 Å². The Hall–Kier alpha value is -0.300. The molecule has 3 unspecified atom stereocenters. The maximum Gasteiger partial charge on any atom is 0.0575 e. The molecule has 3 rings (SSSR count). The second-order valence-electron chi connectivity index (χ2n) is 5.63. The number of hydrogen-bond acceptors (Lipinski definition) is 1. The van der Waals surface area contributed by atoms with Crippen molar-refractivity contribution in [1.29, 1.82) is 0 Å². The highest BCUT2D eigenvalue weighted by Crippen LogP contribution is 2.43. The van der Waals surface area contributed by atoms with E-state index in [1.807, 2.05) is 0 Å². The number of ether oxygens (including phenoxy) is 1. The molecule has 3 aliphatic rings. The Labute approximate surface area is 92.9 Å². The fourth-order valence-electron chi connectivity index (χ4n) is 3.58. The fraction of sp³-hybridized carbons (Fsp3) is 0.857. The van der Waals surface area contributed by atoms with Gasteiger partial charge < -0.3 is 4.74 Å². The van der Waals surface area contributed by atoms with Crippen molar-refractivity contribution < 1.29 is 4.74 Å². The normalized spacial score (nSPS) is 40.1. The predicted octanol–water partition coefficient (Wildman–Crippen LogP) is 3.55. The number of allylic oxidation sites excluding steroid dienone is 2. The molecule has 3 atom stereocenters. The van der Waals surface area contributed by atoms with Gasteiger partial charge in [0, 0.05) is 0 Å². The summed E-state index contributed by atoms with van der Waals surface area (Å²) in [6.07, 6.45) is 15.1. The zero-order chi connectivity index (χ0) is 10.1. The molecule has 15 heavy (non-hydrogen) atoms. The van der Waals surface area contributed by atoms with E-state index in [2.05, 4.69) is 12.2 Å². The van der Waals surface area contributed by atoms with E-state index in [-0.39, 0.29) is 0 Å². The van der Waals surface area contributed by atoms with Crippen molar-refractivity contribution >= 4 is 0 Å². The zero-order valence-electron chi connectivity index (χ0n) is 9.53. The molecule has 2 saturated carbocycles. The van der Waals surface area contributed by atoms with Gasteiger partial charge in [-0.1, -0.05) is 31.4 Å². The van der Waals surface area contributed by atoms with E-state index < -0.39 is 0 Å². The van der Waals surface area contributed by atoms with Gasteiger partial charge in [-0.3, -0.25) is 0 Å². The molecule has 0 N–H and O–H groups in total. The molecule has 1 heteroatoms. The average molecular weight is 206 g/mol. The molecule has 3 aliphatic carbocycles. The van der Waals surface area contributed by atoms with E-state index in [4.69, 9.17) is 4.74 Å². The van der Waals surface area contributed by atoms with Crippen molar-refractivity contribution in [2.45, 2.75) is 51.0 Å². The number of hydrogen-bond donors (Lipinski definition) is 0. The third-order valence-electron chi connectivity index (χ3n) is 4.51. The van der Waals surface area contributed by atoms with Gasteiger partial charge in [0.05, 0.1) is 12.7 Å². The smallest absolute Gasteiger partial charge is 0.0575 e. The maximum absolute atomic E-state index is 6.09. The van der Waals surface area contributed by atoms with E-state index in [1.54, 1.807) is 0 Å². The van der Waals surface area contributed by atoms with Gasteiger partial charge in [0.1, 0.15) is 0 Å². The molecule has 0 aliphatic heterocycles. The lowest BCUT2D eigenvalue weighted by atomic mass is 9.94. The first-order chi connectivity index (χ1) is 7.42. The molecule has 0 amide bonds. The minimum absolute atomic E-state index is 0.599. The van der Waals surface area contributed by atoms with Crippen molar-refractivity contribution in [3.8, 4) is 0 Å². The topological polar surface area (TPSA) is 9.23 Å². The highest BCUT2D eigenvalue weighted by atomic mass is 16.5. The van der Waals surface area contributed by atoms with Crippen molar-refractivity contribution in [1.82, 2.24) is 0 Å². The van der Waals surface area contributed by atoms with Crippen LogP contribution in [0.2, 0.25) is 0 Å². The van der Waals surface area contributed by atoms with Crippen LogP contribution >= 0.6 is 0 Å². The highest BCUT2D eigenvalue weighted by molar-refractivity contribution is 5.10. The van der Waals surface area contributed by atoms with Crippen LogP contribution in [0.3, 0.4) is 0 Å². The van der Waals surface area contributed by atoms with E-state index in [0.29, 0.717) is 6.10 Å². The van der Waals surface area contributed by atoms with Gasteiger partial charge in [0.2, 0.25) is 0 Å². The van der Waals surface area contributed by atoms with E-state index in [0.717, 1.165) is 24.4 Å². The summed E-state index contributed by atoms with van der Waals surface area (Å²) in [6.45, 7) is 1.04. The summed E-state index contributed by atoms with van der Waals surface area (Å²) in [5.41, 5.74) is 0. The SMILES string of the molecule is C1=CC2CC1CC2COC1CCCCC1. The molecular weight excluding hydrogens is 184 g/mol. The van der Waals surface area contributed by atoms with Crippen molar-refractivity contribution in [3.63, 3.8) is 0 Å². The third kappa shape index (κ3) is 2.13.